The van der Waals surface area contributed by atoms with Gasteiger partial charge in [-0.05, 0) is 41.9 Å². The third kappa shape index (κ3) is 2.84. The molecule has 22 heavy (non-hydrogen) atoms. The maximum atomic E-state index is 14.1. The molecule has 0 spiro atoms. The molecule has 0 aliphatic heterocycles. The summed E-state index contributed by atoms with van der Waals surface area (Å²) in [6.07, 6.45) is -1.22. The molecule has 0 fully saturated rings. The summed E-state index contributed by atoms with van der Waals surface area (Å²) in [5.74, 6) is 0. The molecule has 0 N–H and O–H groups in total. The highest BCUT2D eigenvalue weighted by Gasteiger charge is 2.15. The zero-order chi connectivity index (χ0) is 15.7. The minimum absolute atomic E-state index is 0.155. The number of nitrogens with zero attached hydrogens (tertiary/aromatic N) is 4. The zero-order valence-corrected chi connectivity index (χ0v) is 14.6. The molecule has 0 radical (unpaired) electrons. The topological polar surface area (TPSA) is 53.7 Å². The summed E-state index contributed by atoms with van der Waals surface area (Å²) >= 11 is 6.96. The summed E-state index contributed by atoms with van der Waals surface area (Å²) in [5, 5.41) is 5.43. The molecule has 1 heterocycles. The smallest absolute Gasteiger partial charge is 0.124 e. The highest BCUT2D eigenvalue weighted by molar-refractivity contribution is 9.10. The number of alkyl halides is 1. The monoisotopic (exact) mass is 424 g/mol. The van der Waals surface area contributed by atoms with E-state index in [9.17, 15) is 4.39 Å². The lowest BCUT2D eigenvalue weighted by Gasteiger charge is -2.10. The van der Waals surface area contributed by atoms with Crippen LogP contribution in [-0.2, 0) is 6.54 Å². The first kappa shape index (κ1) is 15.3. The number of fused-ring (bicyclic) bond motifs is 3. The van der Waals surface area contributed by atoms with Crippen LogP contribution in [0, 0.1) is 0 Å². The lowest BCUT2D eigenvalue weighted by atomic mass is 10.2. The van der Waals surface area contributed by atoms with E-state index in [1.807, 2.05) is 41.0 Å². The molecule has 3 aromatic rings. The van der Waals surface area contributed by atoms with Crippen LogP contribution in [0.5, 0.6) is 0 Å². The van der Waals surface area contributed by atoms with Crippen molar-refractivity contribution in [3.05, 3.63) is 55.8 Å². The largest absolute Gasteiger partial charge is 0.338 e. The van der Waals surface area contributed by atoms with E-state index < -0.39 is 6.17 Å². The molecule has 1 aromatic heterocycles. The number of halogens is 3. The third-order valence-electron chi connectivity index (χ3n) is 3.51. The van der Waals surface area contributed by atoms with Gasteiger partial charge in [-0.25, -0.2) is 4.39 Å². The molecule has 3 rings (SSSR count). The van der Waals surface area contributed by atoms with Gasteiger partial charge in [-0.2, -0.15) is 0 Å². The SMILES string of the molecule is [N-]=[N+]=NCC(F)Cn1c2ccc(Br)cc2c2cc(Br)ccc21. The molecule has 0 saturated heterocycles. The van der Waals surface area contributed by atoms with E-state index in [4.69, 9.17) is 5.53 Å². The van der Waals surface area contributed by atoms with Crippen LogP contribution in [-0.4, -0.2) is 17.3 Å². The molecule has 112 valence electrons. The van der Waals surface area contributed by atoms with Gasteiger partial charge in [0.25, 0.3) is 0 Å². The Morgan fingerprint density at radius 2 is 1.64 bits per heavy atom. The van der Waals surface area contributed by atoms with Crippen LogP contribution in [0.25, 0.3) is 32.2 Å². The highest BCUT2D eigenvalue weighted by Crippen LogP contribution is 2.33. The molecule has 2 aromatic carbocycles. The Kier molecular flexibility index (Phi) is 4.38. The molecule has 0 aliphatic carbocycles. The van der Waals surface area contributed by atoms with E-state index in [0.29, 0.717) is 0 Å². The number of rotatable bonds is 4. The van der Waals surface area contributed by atoms with Gasteiger partial charge in [0, 0.05) is 35.7 Å². The van der Waals surface area contributed by atoms with Gasteiger partial charge in [0.05, 0.1) is 13.1 Å². The summed E-state index contributed by atoms with van der Waals surface area (Å²) < 4.78 is 17.9. The van der Waals surface area contributed by atoms with E-state index in [0.717, 1.165) is 30.8 Å². The number of azide groups is 1. The minimum Gasteiger partial charge on any atom is -0.338 e. The molecular weight excluding hydrogens is 415 g/mol. The van der Waals surface area contributed by atoms with Crippen molar-refractivity contribution >= 4 is 53.7 Å². The Bertz CT molecular complexity index is 840. The van der Waals surface area contributed by atoms with Gasteiger partial charge in [0.1, 0.15) is 6.17 Å². The van der Waals surface area contributed by atoms with E-state index in [1.165, 1.54) is 0 Å². The Hall–Kier alpha value is -1.56. The lowest BCUT2D eigenvalue weighted by Crippen LogP contribution is -2.14. The number of hydrogen-bond donors (Lipinski definition) is 0. The van der Waals surface area contributed by atoms with Crippen molar-refractivity contribution in [2.24, 2.45) is 5.11 Å². The van der Waals surface area contributed by atoms with Crippen molar-refractivity contribution in [1.82, 2.24) is 4.57 Å². The first-order valence-electron chi connectivity index (χ1n) is 6.62. The molecule has 0 amide bonds. The first-order valence-corrected chi connectivity index (χ1v) is 8.20. The maximum absolute atomic E-state index is 14.1. The van der Waals surface area contributed by atoms with Gasteiger partial charge < -0.3 is 4.57 Å². The van der Waals surface area contributed by atoms with Crippen molar-refractivity contribution in [1.29, 1.82) is 0 Å². The Morgan fingerprint density at radius 1 is 1.09 bits per heavy atom. The minimum atomic E-state index is -1.22. The predicted octanol–water partition coefficient (Wildman–Crippen LogP) is 5.97. The maximum Gasteiger partial charge on any atom is 0.124 e. The Labute approximate surface area is 142 Å². The summed E-state index contributed by atoms with van der Waals surface area (Å²) in [4.78, 5) is 2.62. The van der Waals surface area contributed by atoms with Crippen LogP contribution in [0.2, 0.25) is 0 Å². The van der Waals surface area contributed by atoms with Crippen LogP contribution < -0.4 is 0 Å². The molecule has 1 atom stereocenters. The third-order valence-corrected chi connectivity index (χ3v) is 4.50. The van der Waals surface area contributed by atoms with Gasteiger partial charge in [-0.15, -0.1) is 0 Å². The van der Waals surface area contributed by atoms with Gasteiger partial charge in [0.15, 0.2) is 0 Å². The Balaban J connectivity index is 2.20. The van der Waals surface area contributed by atoms with Crippen molar-refractivity contribution in [2.45, 2.75) is 12.7 Å². The number of benzene rings is 2. The average molecular weight is 426 g/mol. The quantitative estimate of drug-likeness (QED) is 0.281. The van der Waals surface area contributed by atoms with Gasteiger partial charge in [-0.1, -0.05) is 37.0 Å². The van der Waals surface area contributed by atoms with Crippen molar-refractivity contribution in [3.8, 4) is 0 Å². The number of aromatic nitrogens is 1. The van der Waals surface area contributed by atoms with E-state index >= 15 is 0 Å². The van der Waals surface area contributed by atoms with Gasteiger partial charge >= 0.3 is 0 Å². The van der Waals surface area contributed by atoms with E-state index in [1.54, 1.807) is 0 Å². The van der Waals surface area contributed by atoms with E-state index in [-0.39, 0.29) is 13.1 Å². The van der Waals surface area contributed by atoms with E-state index in [2.05, 4.69) is 41.9 Å². The molecule has 0 bridgehead atoms. The second kappa shape index (κ2) is 6.28. The summed E-state index contributed by atoms with van der Waals surface area (Å²) in [6, 6.07) is 11.9. The highest BCUT2D eigenvalue weighted by atomic mass is 79.9. The molecular formula is C15H11Br2FN4. The molecule has 0 aliphatic rings. The van der Waals surface area contributed by atoms with Crippen LogP contribution >= 0.6 is 31.9 Å². The fraction of sp³-hybridized carbons (Fsp3) is 0.200. The number of hydrogen-bond acceptors (Lipinski definition) is 1. The second-order valence-electron chi connectivity index (χ2n) is 4.94. The van der Waals surface area contributed by atoms with Crippen LogP contribution in [0.3, 0.4) is 0 Å². The first-order chi connectivity index (χ1) is 10.6. The fourth-order valence-electron chi connectivity index (χ4n) is 2.63. The molecule has 1 unspecified atom stereocenters. The van der Waals surface area contributed by atoms with Gasteiger partial charge in [0.2, 0.25) is 0 Å². The van der Waals surface area contributed by atoms with Crippen LogP contribution in [0.15, 0.2) is 50.5 Å². The van der Waals surface area contributed by atoms with Gasteiger partial charge in [-0.3, -0.25) is 0 Å². The zero-order valence-electron chi connectivity index (χ0n) is 11.4. The van der Waals surface area contributed by atoms with Crippen LogP contribution in [0.1, 0.15) is 0 Å². The fourth-order valence-corrected chi connectivity index (χ4v) is 3.35. The van der Waals surface area contributed by atoms with Crippen molar-refractivity contribution in [3.63, 3.8) is 0 Å². The van der Waals surface area contributed by atoms with Crippen molar-refractivity contribution in [2.75, 3.05) is 6.54 Å². The molecule has 4 nitrogen and oxygen atoms in total. The summed E-state index contributed by atoms with van der Waals surface area (Å²) in [6.45, 7) is -0.00694. The normalized spacial score (nSPS) is 12.5. The summed E-state index contributed by atoms with van der Waals surface area (Å²) in [5.41, 5.74) is 10.2. The predicted molar refractivity (Wildman–Crippen MR) is 93.8 cm³/mol. The Morgan fingerprint density at radius 3 is 2.14 bits per heavy atom. The summed E-state index contributed by atoms with van der Waals surface area (Å²) in [7, 11) is 0. The second-order valence-corrected chi connectivity index (χ2v) is 6.78. The van der Waals surface area contributed by atoms with Crippen molar-refractivity contribution < 1.29 is 4.39 Å². The molecule has 7 heteroatoms. The average Bonchev–Trinajstić information content (AvgIpc) is 2.78. The lowest BCUT2D eigenvalue weighted by molar-refractivity contribution is 0.309. The molecule has 0 saturated carbocycles. The van der Waals surface area contributed by atoms with Crippen LogP contribution in [0.4, 0.5) is 4.39 Å². The standard InChI is InChI=1S/C15H11Br2FN4/c16-9-1-3-14-12(5-9)13-6-10(17)2-4-15(13)22(14)8-11(18)7-20-21-19/h1-6,11H,7-8H2.